The van der Waals surface area contributed by atoms with Gasteiger partial charge in [0.25, 0.3) is 5.79 Å². The van der Waals surface area contributed by atoms with Gasteiger partial charge < -0.3 is 100 Å². The summed E-state index contributed by atoms with van der Waals surface area (Å²) in [6.45, 7) is 2.18. The molecule has 86 heavy (non-hydrogen) atoms. The number of allylic oxidation sites excluding steroid dienone is 2. The molecule has 3 heterocycles. The summed E-state index contributed by atoms with van der Waals surface area (Å²) >= 11 is 0. The number of hydrogen-bond acceptors (Lipinski definition) is 20. The Hall–Kier alpha value is -2.53. The van der Waals surface area contributed by atoms with Crippen molar-refractivity contribution in [3.05, 3.63) is 12.2 Å². The van der Waals surface area contributed by atoms with Crippen molar-refractivity contribution in [3.8, 4) is 0 Å². The fourth-order valence-corrected chi connectivity index (χ4v) is 11.6. The number of ether oxygens (including phenoxy) is 6. The summed E-state index contributed by atoms with van der Waals surface area (Å²) in [7, 11) is 0. The smallest absolute Gasteiger partial charge is 0.364 e. The number of hydrogen-bond donors (Lipinski definition) is 14. The highest BCUT2D eigenvalue weighted by molar-refractivity contribution is 5.77. The standard InChI is InChI=1S/C63H116N2O21/c1-4-6-8-10-12-14-16-18-20-21-22-23-25-27-29-31-33-35-37-50(73)65-44(45(70)36-34-32-30-28-26-24-19-17-15-13-11-9-7-5-2)42-81-60-55(77)54(76)57(49(41-68)83-60)84-61-56(78)59(53(75)48(40-67)82-61)86-63(62(79)80)38-46(71)51(64-43(3)69)58(85-63)52(74)47(72)39-66/h22-23,44-49,51-61,66-68,70-72,74-78H,4-21,24-42H2,1-3H3,(H,64,69)(H,65,73)(H,79,80)/b23-22-. The van der Waals surface area contributed by atoms with Gasteiger partial charge in [-0.25, -0.2) is 4.79 Å². The Morgan fingerprint density at radius 2 is 1.08 bits per heavy atom. The molecule has 3 aliphatic rings. The molecule has 2 amide bonds. The fourth-order valence-electron chi connectivity index (χ4n) is 11.6. The van der Waals surface area contributed by atoms with Crippen LogP contribution in [0.3, 0.4) is 0 Å². The maximum atomic E-state index is 13.4. The molecular weight excluding hydrogens is 1120 g/mol. The van der Waals surface area contributed by atoms with Crippen LogP contribution in [0.1, 0.15) is 233 Å². The highest BCUT2D eigenvalue weighted by Crippen LogP contribution is 2.39. The topological polar surface area (TPSA) is 373 Å². The van der Waals surface area contributed by atoms with Crippen molar-refractivity contribution in [2.45, 2.75) is 342 Å². The van der Waals surface area contributed by atoms with E-state index >= 15 is 0 Å². The molecule has 0 aromatic carbocycles. The summed E-state index contributed by atoms with van der Waals surface area (Å²) < 4.78 is 34.8. The molecule has 504 valence electrons. The average molecular weight is 1240 g/mol. The van der Waals surface area contributed by atoms with Gasteiger partial charge in [0.15, 0.2) is 12.6 Å². The van der Waals surface area contributed by atoms with Crippen molar-refractivity contribution < 1.29 is 104 Å². The minimum absolute atomic E-state index is 0.215. The summed E-state index contributed by atoms with van der Waals surface area (Å²) in [6.07, 6.45) is 10.8. The molecule has 0 saturated carbocycles. The van der Waals surface area contributed by atoms with Crippen molar-refractivity contribution >= 4 is 17.8 Å². The van der Waals surface area contributed by atoms with Gasteiger partial charge in [0, 0.05) is 19.8 Å². The number of carbonyl (C=O) groups excluding carboxylic acids is 2. The maximum absolute atomic E-state index is 13.4. The predicted molar refractivity (Wildman–Crippen MR) is 320 cm³/mol. The first-order chi connectivity index (χ1) is 41.4. The van der Waals surface area contributed by atoms with Gasteiger partial charge in [-0.3, -0.25) is 9.59 Å². The van der Waals surface area contributed by atoms with Crippen LogP contribution in [-0.2, 0) is 42.8 Å². The molecule has 23 nitrogen and oxygen atoms in total. The number of carboxylic acid groups (broad SMARTS) is 1. The molecule has 0 spiro atoms. The Kier molecular flexibility index (Phi) is 40.5. The molecule has 0 aromatic heterocycles. The Morgan fingerprint density at radius 1 is 0.593 bits per heavy atom. The van der Waals surface area contributed by atoms with Gasteiger partial charge in [-0.2, -0.15) is 0 Å². The third-order valence-electron chi connectivity index (χ3n) is 17.0. The normalized spacial score (nSPS) is 29.4. The number of rotatable bonds is 49. The number of aliphatic hydroxyl groups excluding tert-OH is 11. The molecular formula is C63H116N2O21. The summed E-state index contributed by atoms with van der Waals surface area (Å²) in [5.41, 5.74) is 0. The van der Waals surface area contributed by atoms with E-state index in [1.807, 2.05) is 0 Å². The van der Waals surface area contributed by atoms with Crippen LogP contribution in [0, 0.1) is 0 Å². The van der Waals surface area contributed by atoms with Crippen LogP contribution >= 0.6 is 0 Å². The lowest BCUT2D eigenvalue weighted by atomic mass is 9.88. The summed E-state index contributed by atoms with van der Waals surface area (Å²) in [4.78, 5) is 38.5. The maximum Gasteiger partial charge on any atom is 0.364 e. The Bertz CT molecular complexity index is 1810. The van der Waals surface area contributed by atoms with E-state index in [0.717, 1.165) is 71.1 Å². The summed E-state index contributed by atoms with van der Waals surface area (Å²) in [5.74, 6) is -6.11. The average Bonchev–Trinajstić information content (AvgIpc) is 1.49. The first-order valence-electron chi connectivity index (χ1n) is 33.0. The van der Waals surface area contributed by atoms with Crippen LogP contribution in [0.2, 0.25) is 0 Å². The van der Waals surface area contributed by atoms with E-state index in [2.05, 4.69) is 36.6 Å². The summed E-state index contributed by atoms with van der Waals surface area (Å²) in [6, 6.07) is -2.53. The van der Waals surface area contributed by atoms with E-state index in [1.54, 1.807) is 0 Å². The predicted octanol–water partition coefficient (Wildman–Crippen LogP) is 4.73. The van der Waals surface area contributed by atoms with Crippen molar-refractivity contribution in [3.63, 3.8) is 0 Å². The van der Waals surface area contributed by atoms with Gasteiger partial charge in [0.1, 0.15) is 67.1 Å². The van der Waals surface area contributed by atoms with E-state index in [0.29, 0.717) is 19.3 Å². The van der Waals surface area contributed by atoms with Crippen LogP contribution in [0.15, 0.2) is 12.2 Å². The summed E-state index contributed by atoms with van der Waals surface area (Å²) in [5, 5.41) is 136. The number of aliphatic hydroxyl groups is 11. The van der Waals surface area contributed by atoms with Crippen LogP contribution in [-0.4, -0.2) is 215 Å². The second-order valence-corrected chi connectivity index (χ2v) is 24.3. The Balaban J connectivity index is 1.62. The number of carboxylic acids is 1. The minimum atomic E-state index is -3.08. The molecule has 0 aliphatic carbocycles. The van der Waals surface area contributed by atoms with Crippen LogP contribution < -0.4 is 10.6 Å². The molecule has 18 unspecified atom stereocenters. The lowest BCUT2D eigenvalue weighted by molar-refractivity contribution is -0.386. The molecule has 3 fully saturated rings. The largest absolute Gasteiger partial charge is 0.477 e. The van der Waals surface area contributed by atoms with Crippen LogP contribution in [0.4, 0.5) is 0 Å². The molecule has 0 bridgehead atoms. The van der Waals surface area contributed by atoms with Crippen molar-refractivity contribution in [2.24, 2.45) is 0 Å². The third-order valence-corrected chi connectivity index (χ3v) is 17.0. The first-order valence-corrected chi connectivity index (χ1v) is 33.0. The monoisotopic (exact) mass is 1240 g/mol. The van der Waals surface area contributed by atoms with Gasteiger partial charge in [-0.05, 0) is 38.5 Å². The lowest BCUT2D eigenvalue weighted by Gasteiger charge is -2.50. The highest BCUT2D eigenvalue weighted by Gasteiger charge is 2.60. The fraction of sp³-hybridized carbons (Fsp3) is 0.921. The quantitative estimate of drug-likeness (QED) is 0.0289. The molecule has 3 aliphatic heterocycles. The number of carbonyl (C=O) groups is 3. The van der Waals surface area contributed by atoms with Crippen LogP contribution in [0.5, 0.6) is 0 Å². The van der Waals surface area contributed by atoms with E-state index in [4.69, 9.17) is 28.4 Å². The second-order valence-electron chi connectivity index (χ2n) is 24.3. The first kappa shape index (κ1) is 77.7. The van der Waals surface area contributed by atoms with Gasteiger partial charge in [-0.15, -0.1) is 0 Å². The molecule has 0 aromatic rings. The van der Waals surface area contributed by atoms with E-state index < -0.39 is 148 Å². The molecule has 18 atom stereocenters. The van der Waals surface area contributed by atoms with Gasteiger partial charge in [-0.1, -0.05) is 187 Å². The number of unbranched alkanes of at least 4 members (excludes halogenated alkanes) is 27. The Morgan fingerprint density at radius 3 is 1.57 bits per heavy atom. The zero-order valence-corrected chi connectivity index (χ0v) is 52.2. The second kappa shape index (κ2) is 44.9. The number of nitrogens with one attached hydrogen (secondary N) is 2. The molecule has 23 heteroatoms. The van der Waals surface area contributed by atoms with Crippen LogP contribution in [0.25, 0.3) is 0 Å². The highest BCUT2D eigenvalue weighted by atomic mass is 16.8. The lowest BCUT2D eigenvalue weighted by Crippen LogP contribution is -2.70. The number of aliphatic carboxylic acids is 1. The van der Waals surface area contributed by atoms with Gasteiger partial charge in [0.05, 0.1) is 50.7 Å². The molecule has 0 radical (unpaired) electrons. The third kappa shape index (κ3) is 27.9. The van der Waals surface area contributed by atoms with E-state index in [-0.39, 0.29) is 18.9 Å². The Labute approximate surface area is 511 Å². The minimum Gasteiger partial charge on any atom is -0.477 e. The van der Waals surface area contributed by atoms with Gasteiger partial charge >= 0.3 is 5.97 Å². The SMILES string of the molecule is CCCCCCCCCCC/C=C\CCCCCCCC(=O)NC(COC1OC(CO)C(OC2OC(CO)C(O)C(OC3(C(=O)O)CC(O)C(NC(C)=O)C(C(O)C(O)CO)O3)C2O)C(O)C1O)C(O)CCCCCCCCCCCCCCCC. The molecule has 3 saturated heterocycles. The van der Waals surface area contributed by atoms with E-state index in [9.17, 15) is 75.7 Å². The van der Waals surface area contributed by atoms with Crippen molar-refractivity contribution in [1.29, 1.82) is 0 Å². The van der Waals surface area contributed by atoms with Crippen molar-refractivity contribution in [1.82, 2.24) is 10.6 Å². The van der Waals surface area contributed by atoms with Crippen molar-refractivity contribution in [2.75, 3.05) is 26.4 Å². The molecule has 3 rings (SSSR count). The zero-order chi connectivity index (χ0) is 63.3. The van der Waals surface area contributed by atoms with E-state index in [1.165, 1.54) is 116 Å². The zero-order valence-electron chi connectivity index (χ0n) is 52.2. The van der Waals surface area contributed by atoms with Gasteiger partial charge in [0.2, 0.25) is 11.8 Å². The number of amides is 2. The molecule has 14 N–H and O–H groups in total.